The van der Waals surface area contributed by atoms with Gasteiger partial charge in [-0.05, 0) is 42.0 Å². The zero-order chi connectivity index (χ0) is 25.2. The van der Waals surface area contributed by atoms with Gasteiger partial charge in [-0.3, -0.25) is 19.1 Å². The van der Waals surface area contributed by atoms with Gasteiger partial charge in [-0.1, -0.05) is 35.9 Å². The number of hydrogen-bond donors (Lipinski definition) is 2. The molecule has 0 radical (unpaired) electrons. The molecule has 1 unspecified atom stereocenters. The lowest BCUT2D eigenvalue weighted by atomic mass is 10.0. The summed E-state index contributed by atoms with van der Waals surface area (Å²) in [6, 6.07) is 19.1. The number of halogens is 2. The van der Waals surface area contributed by atoms with Crippen LogP contribution in [-0.2, 0) is 0 Å². The minimum atomic E-state index is -0.664. The number of hydrogen-bond acceptors (Lipinski definition) is 4. The molecular weight excluding hydrogens is 503 g/mol. The van der Waals surface area contributed by atoms with E-state index in [9.17, 15) is 18.8 Å². The van der Waals surface area contributed by atoms with Crippen LogP contribution in [0.25, 0.3) is 5.69 Å². The summed E-state index contributed by atoms with van der Waals surface area (Å²) in [5, 5.41) is 5.53. The van der Waals surface area contributed by atoms with Crippen molar-refractivity contribution in [2.24, 2.45) is 0 Å². The number of para-hydroxylation sites is 1. The number of amides is 3. The molecular formula is C26H20ClFN4O3S. The smallest absolute Gasteiger partial charge is 0.326 e. The first-order valence-corrected chi connectivity index (χ1v) is 12.3. The molecule has 3 heterocycles. The van der Waals surface area contributed by atoms with Crippen LogP contribution in [0.5, 0.6) is 0 Å². The Labute approximate surface area is 214 Å². The Morgan fingerprint density at radius 3 is 2.61 bits per heavy atom. The molecule has 3 amide bonds. The van der Waals surface area contributed by atoms with Gasteiger partial charge in [0.2, 0.25) is 0 Å². The summed E-state index contributed by atoms with van der Waals surface area (Å²) >= 11 is 7.12. The van der Waals surface area contributed by atoms with Crippen molar-refractivity contribution in [1.82, 2.24) is 9.88 Å². The summed E-state index contributed by atoms with van der Waals surface area (Å²) in [5.74, 6) is -1.03. The molecule has 182 valence electrons. The Hall–Kier alpha value is -3.95. The number of urea groups is 1. The van der Waals surface area contributed by atoms with Crippen LogP contribution < -0.4 is 21.1 Å². The van der Waals surface area contributed by atoms with E-state index in [0.717, 1.165) is 5.56 Å². The van der Waals surface area contributed by atoms with Gasteiger partial charge >= 0.3 is 6.03 Å². The van der Waals surface area contributed by atoms with E-state index in [1.807, 2.05) is 24.3 Å². The van der Waals surface area contributed by atoms with Crippen LogP contribution in [0, 0.1) is 5.82 Å². The van der Waals surface area contributed by atoms with Gasteiger partial charge in [-0.2, -0.15) is 0 Å². The second-order valence-electron chi connectivity index (χ2n) is 8.18. The lowest BCUT2D eigenvalue weighted by Crippen LogP contribution is -2.36. The third-order valence-electron chi connectivity index (χ3n) is 5.92. The lowest BCUT2D eigenvalue weighted by molar-refractivity contribution is 0.0955. The summed E-state index contributed by atoms with van der Waals surface area (Å²) in [5.41, 5.74) is 1.67. The molecule has 1 aliphatic heterocycles. The first-order chi connectivity index (χ1) is 17.4. The SMILES string of the molecule is O=C(NCC1CN(C(=O)Nc2ccc(-n3ccccc3=O)cc2F)c2ccccc21)c1ccc(Cl)s1. The second-order valence-corrected chi connectivity index (χ2v) is 9.90. The van der Waals surface area contributed by atoms with Crippen molar-refractivity contribution in [3.05, 3.63) is 110 Å². The first-order valence-electron chi connectivity index (χ1n) is 11.1. The molecule has 4 aromatic rings. The molecule has 0 saturated carbocycles. The largest absolute Gasteiger partial charge is 0.351 e. The number of anilines is 2. The van der Waals surface area contributed by atoms with Gasteiger partial charge in [0, 0.05) is 43.0 Å². The fourth-order valence-electron chi connectivity index (χ4n) is 4.18. The monoisotopic (exact) mass is 522 g/mol. The molecule has 2 aromatic heterocycles. The van der Waals surface area contributed by atoms with E-state index in [2.05, 4.69) is 10.6 Å². The van der Waals surface area contributed by atoms with Crippen LogP contribution in [0.4, 0.5) is 20.6 Å². The van der Waals surface area contributed by atoms with Gasteiger partial charge in [0.1, 0.15) is 5.82 Å². The van der Waals surface area contributed by atoms with E-state index < -0.39 is 11.8 Å². The first kappa shape index (κ1) is 23.8. The lowest BCUT2D eigenvalue weighted by Gasteiger charge is -2.19. The normalized spacial score (nSPS) is 14.4. The molecule has 0 aliphatic carbocycles. The maximum absolute atomic E-state index is 14.9. The van der Waals surface area contributed by atoms with E-state index in [1.54, 1.807) is 36.5 Å². The number of pyridine rings is 1. The van der Waals surface area contributed by atoms with Gasteiger partial charge in [0.25, 0.3) is 11.5 Å². The summed E-state index contributed by atoms with van der Waals surface area (Å²) in [4.78, 5) is 39.7. The van der Waals surface area contributed by atoms with Gasteiger partial charge in [0.05, 0.1) is 20.6 Å². The minimum absolute atomic E-state index is 0.00321. The second kappa shape index (κ2) is 9.96. The zero-order valence-electron chi connectivity index (χ0n) is 18.8. The molecule has 0 bridgehead atoms. The van der Waals surface area contributed by atoms with E-state index in [1.165, 1.54) is 39.0 Å². The fourth-order valence-corrected chi connectivity index (χ4v) is 5.14. The molecule has 10 heteroatoms. The molecule has 0 spiro atoms. The fraction of sp³-hybridized carbons (Fsp3) is 0.115. The topological polar surface area (TPSA) is 83.4 Å². The summed E-state index contributed by atoms with van der Waals surface area (Å²) in [6.07, 6.45) is 1.54. The van der Waals surface area contributed by atoms with Gasteiger partial charge in [-0.15, -0.1) is 11.3 Å². The van der Waals surface area contributed by atoms with Crippen molar-refractivity contribution in [3.8, 4) is 5.69 Å². The maximum atomic E-state index is 14.9. The average molecular weight is 523 g/mol. The number of rotatable bonds is 5. The van der Waals surface area contributed by atoms with E-state index in [4.69, 9.17) is 11.6 Å². The highest BCUT2D eigenvalue weighted by molar-refractivity contribution is 7.18. The summed E-state index contributed by atoms with van der Waals surface area (Å²) < 4.78 is 16.7. The quantitative estimate of drug-likeness (QED) is 0.375. The number of carbonyl (C=O) groups excluding carboxylic acids is 2. The van der Waals surface area contributed by atoms with Crippen LogP contribution >= 0.6 is 22.9 Å². The Kier molecular flexibility index (Phi) is 6.58. The van der Waals surface area contributed by atoms with E-state index in [0.29, 0.717) is 33.7 Å². The molecule has 1 aliphatic rings. The minimum Gasteiger partial charge on any atom is -0.351 e. The molecule has 0 saturated heterocycles. The number of fused-ring (bicyclic) bond motifs is 1. The number of benzene rings is 2. The van der Waals surface area contributed by atoms with Crippen molar-refractivity contribution >= 4 is 46.3 Å². The molecule has 5 rings (SSSR count). The highest BCUT2D eigenvalue weighted by Crippen LogP contribution is 2.36. The Bertz CT molecular complexity index is 1520. The van der Waals surface area contributed by atoms with Crippen LogP contribution in [-0.4, -0.2) is 29.6 Å². The predicted molar refractivity (Wildman–Crippen MR) is 139 cm³/mol. The van der Waals surface area contributed by atoms with Crippen LogP contribution in [0.3, 0.4) is 0 Å². The van der Waals surface area contributed by atoms with E-state index in [-0.39, 0.29) is 23.1 Å². The van der Waals surface area contributed by atoms with Crippen LogP contribution in [0.15, 0.2) is 83.8 Å². The van der Waals surface area contributed by atoms with Crippen LogP contribution in [0.1, 0.15) is 21.2 Å². The number of nitrogens with one attached hydrogen (secondary N) is 2. The van der Waals surface area contributed by atoms with Crippen molar-refractivity contribution in [1.29, 1.82) is 0 Å². The van der Waals surface area contributed by atoms with Gasteiger partial charge in [0.15, 0.2) is 0 Å². The predicted octanol–water partition coefficient (Wildman–Crippen LogP) is 5.26. The number of thiophene rings is 1. The summed E-state index contributed by atoms with van der Waals surface area (Å²) in [7, 11) is 0. The van der Waals surface area contributed by atoms with Gasteiger partial charge in [-0.25, -0.2) is 9.18 Å². The Morgan fingerprint density at radius 2 is 1.86 bits per heavy atom. The number of nitrogens with zero attached hydrogens (tertiary/aromatic N) is 2. The third kappa shape index (κ3) is 4.75. The van der Waals surface area contributed by atoms with Crippen molar-refractivity contribution in [2.45, 2.75) is 5.92 Å². The molecule has 7 nitrogen and oxygen atoms in total. The number of carbonyl (C=O) groups is 2. The molecule has 2 N–H and O–H groups in total. The highest BCUT2D eigenvalue weighted by atomic mass is 35.5. The highest BCUT2D eigenvalue weighted by Gasteiger charge is 2.32. The van der Waals surface area contributed by atoms with Crippen molar-refractivity contribution in [2.75, 3.05) is 23.3 Å². The van der Waals surface area contributed by atoms with Crippen molar-refractivity contribution < 1.29 is 14.0 Å². The third-order valence-corrected chi connectivity index (χ3v) is 7.15. The van der Waals surface area contributed by atoms with Crippen LogP contribution in [0.2, 0.25) is 4.34 Å². The zero-order valence-corrected chi connectivity index (χ0v) is 20.4. The maximum Gasteiger partial charge on any atom is 0.326 e. The standard InChI is InChI=1S/C26H20ClFN4O3S/c27-23-11-10-22(36-23)25(34)29-14-16-15-32(21-6-2-1-5-18(16)21)26(35)30-20-9-8-17(13-19(20)28)31-12-4-3-7-24(31)33/h1-13,16H,14-15H2,(H,29,34)(H,30,35). The molecule has 0 fully saturated rings. The molecule has 36 heavy (non-hydrogen) atoms. The van der Waals surface area contributed by atoms with Gasteiger partial charge < -0.3 is 10.6 Å². The average Bonchev–Trinajstić information content (AvgIpc) is 3.48. The molecule has 2 aromatic carbocycles. The summed E-state index contributed by atoms with van der Waals surface area (Å²) in [6.45, 7) is 0.639. The molecule has 1 atom stereocenters. The Balaban J connectivity index is 1.30. The number of aromatic nitrogens is 1. The Morgan fingerprint density at radius 1 is 1.06 bits per heavy atom. The van der Waals surface area contributed by atoms with E-state index >= 15 is 0 Å². The van der Waals surface area contributed by atoms with Crippen molar-refractivity contribution in [3.63, 3.8) is 0 Å².